The summed E-state index contributed by atoms with van der Waals surface area (Å²) in [5.74, 6) is -1.35. The monoisotopic (exact) mass is 1390 g/mol. The second-order valence-corrected chi connectivity index (χ2v) is 30.9. The number of benzene rings is 3. The van der Waals surface area contributed by atoms with E-state index in [9.17, 15) is 34.8 Å². The number of sulfone groups is 1. The number of hydrogen-bond donors (Lipinski definition) is 1. The highest BCUT2D eigenvalue weighted by molar-refractivity contribution is 7.98. The van der Waals surface area contributed by atoms with Crippen LogP contribution in [0.2, 0.25) is 5.28 Å². The van der Waals surface area contributed by atoms with Crippen LogP contribution in [-0.4, -0.2) is 109 Å². The first-order valence-electron chi connectivity index (χ1n) is 31.5. The van der Waals surface area contributed by atoms with Crippen LogP contribution in [0.25, 0.3) is 33.8 Å². The molecule has 0 amide bonds. The van der Waals surface area contributed by atoms with Crippen molar-refractivity contribution in [3.63, 3.8) is 0 Å². The molecule has 7 heterocycles. The first kappa shape index (κ1) is 67.4. The molecule has 1 N–H and O–H groups in total. The molecule has 97 heavy (non-hydrogen) atoms. The number of nitrogens with one attached hydrogen (secondary N) is 1. The Kier molecular flexibility index (Phi) is 17.6. The molecule has 3 saturated carbocycles. The molecule has 10 aromatic rings. The van der Waals surface area contributed by atoms with Crippen molar-refractivity contribution in [1.29, 1.82) is 0 Å². The van der Waals surface area contributed by atoms with Crippen LogP contribution in [0.5, 0.6) is 0 Å². The lowest BCUT2D eigenvalue weighted by molar-refractivity contribution is 0.241. The van der Waals surface area contributed by atoms with E-state index in [0.29, 0.717) is 11.4 Å². The maximum atomic E-state index is 14.3. The summed E-state index contributed by atoms with van der Waals surface area (Å²) < 4.78 is 110. The number of aryl methyl sites for hydroxylation is 1. The molecule has 17 nitrogen and oxygen atoms in total. The van der Waals surface area contributed by atoms with E-state index >= 15 is 0 Å². The fourth-order valence-corrected chi connectivity index (χ4v) is 18.2. The van der Waals surface area contributed by atoms with Crippen LogP contribution in [0.15, 0.2) is 126 Å². The standard InChI is InChI=1S/C22H20F2N4O2S.C22H20F2N4S.C21H17ClF2N4.C5H9N3S/c1-21(2)13-7-9-22(21,17-8-10-25-20(26-17)31(3,29)30)19-12(13)11-16(27-28-19)18-14(23)5-4-6-15(18)24;1-21(2)13-7-9-22(21,17-8-10-25-20(26-17)29-3)19-12(13)11-16(27-28-19)18-14(23)5-4-6-15(18)24;1-20(2)12-6-8-21(20,16-7-9-25-19(22)26-16)18-11(12)10-15(27-28-18)17-13(23)4-3-5-14(17)24;1-9-3-2-5-6-4-7-8-5/h4-6,8,10-11,13H,7,9H2,1-3H3;4-6,8,10-11,13H,7,9H2,1-3H3;3-5,7,9-10,12H,6,8H2,1-2H3;4H,2-3H2,1H3,(H,6,7,8)/t2*13-,22-;12-,21-;/m000./s1. The lowest BCUT2D eigenvalue weighted by Gasteiger charge is -2.37. The first-order valence-corrected chi connectivity index (χ1v) is 36.4. The summed E-state index contributed by atoms with van der Waals surface area (Å²) >= 11 is 9.39. The summed E-state index contributed by atoms with van der Waals surface area (Å²) in [6.07, 6.45) is 17.8. The second kappa shape index (κ2) is 25.3. The summed E-state index contributed by atoms with van der Waals surface area (Å²) in [5.41, 5.74) is 5.61. The van der Waals surface area contributed by atoms with Crippen LogP contribution in [0.3, 0.4) is 0 Å². The van der Waals surface area contributed by atoms with Crippen molar-refractivity contribution >= 4 is 45.0 Å². The quantitative estimate of drug-likeness (QED) is 0.0720. The first-order chi connectivity index (χ1) is 46.3. The highest BCUT2D eigenvalue weighted by atomic mass is 35.5. The molecule has 16 rings (SSSR count). The van der Waals surface area contributed by atoms with E-state index in [1.807, 2.05) is 36.2 Å². The second-order valence-electron chi connectivity index (χ2n) is 26.9. The molecule has 7 aromatic heterocycles. The van der Waals surface area contributed by atoms with Crippen LogP contribution in [0.4, 0.5) is 26.3 Å². The molecule has 0 aliphatic heterocycles. The number of thioether (sulfide) groups is 2. The van der Waals surface area contributed by atoms with Crippen molar-refractivity contribution < 1.29 is 34.8 Å². The predicted molar refractivity (Wildman–Crippen MR) is 356 cm³/mol. The summed E-state index contributed by atoms with van der Waals surface area (Å²) in [7, 11) is -3.58. The number of fused-ring (bicyclic) bond motifs is 15. The van der Waals surface area contributed by atoms with E-state index in [0.717, 1.165) is 107 Å². The Balaban J connectivity index is 0.000000123. The van der Waals surface area contributed by atoms with Gasteiger partial charge in [0.25, 0.3) is 0 Å². The van der Waals surface area contributed by atoms with Gasteiger partial charge in [-0.1, -0.05) is 71.5 Å². The number of halogens is 7. The minimum Gasteiger partial charge on any atom is -0.263 e. The van der Waals surface area contributed by atoms with Gasteiger partial charge in [-0.05, 0) is 186 Å². The molecular formula is C70H66ClF6N15O2S3. The fraction of sp³-hybridized carbons (Fsp3) is 0.371. The highest BCUT2D eigenvalue weighted by Crippen LogP contribution is 2.72. The van der Waals surface area contributed by atoms with Gasteiger partial charge in [0, 0.05) is 37.0 Å². The van der Waals surface area contributed by atoms with E-state index in [2.05, 4.69) is 118 Å². The van der Waals surface area contributed by atoms with Crippen LogP contribution >= 0.6 is 35.1 Å². The molecule has 0 unspecified atom stereocenters. The van der Waals surface area contributed by atoms with Crippen LogP contribution in [0, 0.1) is 51.1 Å². The Labute approximate surface area is 570 Å². The number of nitrogens with zero attached hydrogens (tertiary/aromatic N) is 14. The van der Waals surface area contributed by atoms with Crippen LogP contribution in [0.1, 0.15) is 154 Å². The van der Waals surface area contributed by atoms with Crippen molar-refractivity contribution in [2.75, 3.05) is 24.5 Å². The molecular weight excluding hydrogens is 1330 g/mol. The average Bonchev–Trinajstić information content (AvgIpc) is 1.53. The zero-order valence-electron chi connectivity index (χ0n) is 54.3. The third-order valence-corrected chi connectivity index (χ3v) is 23.7. The van der Waals surface area contributed by atoms with E-state index in [1.54, 1.807) is 30.6 Å². The minimum atomic E-state index is -3.58. The zero-order chi connectivity index (χ0) is 68.8. The van der Waals surface area contributed by atoms with Gasteiger partial charge >= 0.3 is 0 Å². The van der Waals surface area contributed by atoms with Gasteiger partial charge in [-0.2, -0.15) is 32.2 Å². The van der Waals surface area contributed by atoms with Gasteiger partial charge in [-0.15, -0.1) is 15.3 Å². The summed E-state index contributed by atoms with van der Waals surface area (Å²) in [5, 5.41) is 33.3. The van der Waals surface area contributed by atoms with Crippen LogP contribution in [-0.2, 0) is 32.5 Å². The van der Waals surface area contributed by atoms with Gasteiger partial charge in [0.05, 0.1) is 84.2 Å². The highest BCUT2D eigenvalue weighted by Gasteiger charge is 2.67. The van der Waals surface area contributed by atoms with Crippen molar-refractivity contribution in [3.05, 3.63) is 213 Å². The molecule has 0 radical (unpaired) electrons. The van der Waals surface area contributed by atoms with E-state index < -0.39 is 55.6 Å². The van der Waals surface area contributed by atoms with Gasteiger partial charge in [-0.25, -0.2) is 69.6 Å². The molecule has 3 fully saturated rings. The lowest BCUT2D eigenvalue weighted by Crippen LogP contribution is -2.38. The summed E-state index contributed by atoms with van der Waals surface area (Å²) in [6, 6.07) is 22.2. The molecule has 6 atom stereocenters. The number of rotatable bonds is 11. The Morgan fingerprint density at radius 1 is 0.515 bits per heavy atom. The number of H-pyrrole nitrogens is 1. The largest absolute Gasteiger partial charge is 0.263 e. The third-order valence-electron chi connectivity index (χ3n) is 21.5. The smallest absolute Gasteiger partial charge is 0.247 e. The van der Waals surface area contributed by atoms with Crippen LogP contribution < -0.4 is 0 Å². The van der Waals surface area contributed by atoms with Gasteiger partial charge in [0.15, 0.2) is 5.16 Å². The lowest BCUT2D eigenvalue weighted by atomic mass is 9.66. The maximum absolute atomic E-state index is 14.3. The zero-order valence-corrected chi connectivity index (χ0v) is 57.5. The molecule has 6 aliphatic rings. The molecule has 0 saturated heterocycles. The molecule has 27 heteroatoms. The Morgan fingerprint density at radius 2 is 0.897 bits per heavy atom. The van der Waals surface area contributed by atoms with Crippen molar-refractivity contribution in [1.82, 2.24) is 75.7 Å². The number of hydrogen-bond acceptors (Lipinski definition) is 18. The molecule has 6 aliphatic carbocycles. The average molecular weight is 1400 g/mol. The molecule has 0 spiro atoms. The van der Waals surface area contributed by atoms with Gasteiger partial charge in [0.2, 0.25) is 20.3 Å². The van der Waals surface area contributed by atoms with E-state index in [-0.39, 0.29) is 83.6 Å². The summed E-state index contributed by atoms with van der Waals surface area (Å²) in [4.78, 5) is 29.9. The molecule has 3 aromatic carbocycles. The number of aromatic nitrogens is 15. The Morgan fingerprint density at radius 3 is 1.26 bits per heavy atom. The maximum Gasteiger partial charge on any atom is 0.247 e. The van der Waals surface area contributed by atoms with Crippen molar-refractivity contribution in [2.45, 2.75) is 131 Å². The Hall–Kier alpha value is -8.20. The van der Waals surface area contributed by atoms with Gasteiger partial charge in [-0.3, -0.25) is 5.10 Å². The predicted octanol–water partition coefficient (Wildman–Crippen LogP) is 14.7. The minimum absolute atomic E-state index is 0.0724. The van der Waals surface area contributed by atoms with E-state index in [4.69, 9.17) is 16.6 Å². The van der Waals surface area contributed by atoms with Crippen molar-refractivity contribution in [3.8, 4) is 33.8 Å². The summed E-state index contributed by atoms with van der Waals surface area (Å²) in [6.45, 7) is 13.0. The number of aromatic amines is 1. The third kappa shape index (κ3) is 10.8. The fourth-order valence-electron chi connectivity index (χ4n) is 16.8. The Bertz CT molecular complexity index is 4790. The topological polar surface area (TPSA) is 230 Å². The van der Waals surface area contributed by atoms with Gasteiger partial charge in [0.1, 0.15) is 47.1 Å². The van der Waals surface area contributed by atoms with Crippen molar-refractivity contribution in [2.24, 2.45) is 16.2 Å². The van der Waals surface area contributed by atoms with E-state index in [1.165, 1.54) is 78.9 Å². The van der Waals surface area contributed by atoms with Gasteiger partial charge < -0.3 is 0 Å². The molecule has 500 valence electrons. The normalized spacial score (nSPS) is 22.7. The SMILES string of the molecule is CC1(C)[C@H]2CC[C@]1(c1ccnc(Cl)n1)c1nnc(-c3c(F)cccc3F)cc12.CC1(C)[C@H]2CC[C@]1(c1ccnc(S(C)(=O)=O)n1)c1nnc(-c3c(F)cccc3F)cc12.CSCCc1ncn[nH]1.CSc1nccc([C@@]23CC[C@@H](c4cc(-c5c(F)cccc5F)nnc42)C3(C)C)n1. The molecule has 6 bridgehead atoms.